The Hall–Kier alpha value is -1.39. The van der Waals surface area contributed by atoms with Crippen molar-refractivity contribution in [2.75, 3.05) is 20.2 Å². The Labute approximate surface area is 89.4 Å². The summed E-state index contributed by atoms with van der Waals surface area (Å²) in [6, 6.07) is 9.83. The lowest BCUT2D eigenvalue weighted by atomic mass is 10.1. The second-order valence-corrected chi connectivity index (χ2v) is 3.23. The smallest absolute Gasteiger partial charge is 0.231 e. The molecular formula is C11H16N2O2. The minimum absolute atomic E-state index is 0.0504. The average molecular weight is 208 g/mol. The molecule has 0 unspecified atom stereocenters. The molecule has 1 amide bonds. The zero-order valence-corrected chi connectivity index (χ0v) is 8.77. The van der Waals surface area contributed by atoms with E-state index in [4.69, 9.17) is 10.5 Å². The van der Waals surface area contributed by atoms with E-state index < -0.39 is 0 Å². The Morgan fingerprint density at radius 3 is 2.67 bits per heavy atom. The first-order valence-corrected chi connectivity index (χ1v) is 4.81. The molecule has 1 aromatic rings. The number of nitrogens with two attached hydrogens (primary N) is 1. The first-order valence-electron chi connectivity index (χ1n) is 4.81. The molecule has 1 atom stereocenters. The summed E-state index contributed by atoms with van der Waals surface area (Å²) in [6.45, 7) is 0.746. The molecule has 0 fully saturated rings. The van der Waals surface area contributed by atoms with Crippen LogP contribution in [0.4, 0.5) is 0 Å². The summed E-state index contributed by atoms with van der Waals surface area (Å²) < 4.78 is 5.30. The molecule has 0 aromatic heterocycles. The average Bonchev–Trinajstić information content (AvgIpc) is 2.25. The number of hydrogen-bond donors (Lipinski definition) is 2. The maximum absolute atomic E-state index is 10.5. The topological polar surface area (TPSA) is 64.3 Å². The Morgan fingerprint density at radius 1 is 1.47 bits per heavy atom. The zero-order valence-electron chi connectivity index (χ0n) is 8.77. The molecule has 0 saturated heterocycles. The van der Waals surface area contributed by atoms with Crippen molar-refractivity contribution in [1.82, 2.24) is 5.32 Å². The van der Waals surface area contributed by atoms with Gasteiger partial charge in [-0.3, -0.25) is 4.79 Å². The number of carbonyl (C=O) groups excluding carboxylic acids is 1. The molecule has 0 heterocycles. The fourth-order valence-electron chi connectivity index (χ4n) is 1.33. The van der Waals surface area contributed by atoms with Gasteiger partial charge in [-0.05, 0) is 5.56 Å². The van der Waals surface area contributed by atoms with Crippen molar-refractivity contribution in [3.8, 4) is 0 Å². The van der Waals surface area contributed by atoms with E-state index in [2.05, 4.69) is 5.32 Å². The number of primary amides is 1. The summed E-state index contributed by atoms with van der Waals surface area (Å²) in [5, 5.41) is 2.93. The molecule has 0 spiro atoms. The van der Waals surface area contributed by atoms with Gasteiger partial charge < -0.3 is 15.8 Å². The molecule has 4 heteroatoms. The van der Waals surface area contributed by atoms with E-state index in [0.717, 1.165) is 5.56 Å². The molecule has 0 bridgehead atoms. The van der Waals surface area contributed by atoms with Crippen LogP contribution in [0.25, 0.3) is 0 Å². The summed E-state index contributed by atoms with van der Waals surface area (Å²) in [4.78, 5) is 10.5. The van der Waals surface area contributed by atoms with Gasteiger partial charge in [0.1, 0.15) is 0 Å². The van der Waals surface area contributed by atoms with E-state index in [1.54, 1.807) is 7.11 Å². The molecule has 1 rings (SSSR count). The van der Waals surface area contributed by atoms with Gasteiger partial charge in [0.05, 0.1) is 12.6 Å². The highest BCUT2D eigenvalue weighted by atomic mass is 16.5. The molecule has 0 radical (unpaired) electrons. The van der Waals surface area contributed by atoms with Gasteiger partial charge in [-0.1, -0.05) is 30.3 Å². The molecule has 0 aliphatic rings. The van der Waals surface area contributed by atoms with Crippen molar-refractivity contribution >= 4 is 5.91 Å². The SMILES string of the molecule is CO[C@@H](CNCC(N)=O)c1ccccc1. The number of carbonyl (C=O) groups is 1. The van der Waals surface area contributed by atoms with Gasteiger partial charge in [0.25, 0.3) is 0 Å². The van der Waals surface area contributed by atoms with Gasteiger partial charge in [-0.2, -0.15) is 0 Å². The fourth-order valence-corrected chi connectivity index (χ4v) is 1.33. The highest BCUT2D eigenvalue weighted by molar-refractivity contribution is 5.75. The summed E-state index contributed by atoms with van der Waals surface area (Å²) in [7, 11) is 1.64. The van der Waals surface area contributed by atoms with E-state index >= 15 is 0 Å². The third-order valence-electron chi connectivity index (χ3n) is 2.08. The predicted molar refractivity (Wildman–Crippen MR) is 58.3 cm³/mol. The van der Waals surface area contributed by atoms with E-state index in [1.165, 1.54) is 0 Å². The van der Waals surface area contributed by atoms with Crippen molar-refractivity contribution in [3.05, 3.63) is 35.9 Å². The van der Waals surface area contributed by atoms with Crippen LogP contribution in [0.15, 0.2) is 30.3 Å². The van der Waals surface area contributed by atoms with Gasteiger partial charge in [-0.25, -0.2) is 0 Å². The van der Waals surface area contributed by atoms with Crippen molar-refractivity contribution in [2.24, 2.45) is 5.73 Å². The normalized spacial score (nSPS) is 12.3. The van der Waals surface area contributed by atoms with Gasteiger partial charge in [0.2, 0.25) is 5.91 Å². The molecular weight excluding hydrogens is 192 g/mol. The molecule has 15 heavy (non-hydrogen) atoms. The number of nitrogens with one attached hydrogen (secondary N) is 1. The molecule has 4 nitrogen and oxygen atoms in total. The van der Waals surface area contributed by atoms with Crippen LogP contribution in [0.1, 0.15) is 11.7 Å². The highest BCUT2D eigenvalue weighted by Crippen LogP contribution is 2.14. The number of rotatable bonds is 6. The van der Waals surface area contributed by atoms with Crippen molar-refractivity contribution in [3.63, 3.8) is 0 Å². The molecule has 0 saturated carbocycles. The molecule has 82 valence electrons. The minimum atomic E-state index is -0.363. The lowest BCUT2D eigenvalue weighted by molar-refractivity contribution is -0.117. The fraction of sp³-hybridized carbons (Fsp3) is 0.364. The molecule has 0 aliphatic carbocycles. The third-order valence-corrected chi connectivity index (χ3v) is 2.08. The highest BCUT2D eigenvalue weighted by Gasteiger charge is 2.09. The van der Waals surface area contributed by atoms with Crippen LogP contribution in [-0.2, 0) is 9.53 Å². The van der Waals surface area contributed by atoms with Crippen LogP contribution < -0.4 is 11.1 Å². The second kappa shape index (κ2) is 6.16. The Kier molecular flexibility index (Phi) is 4.80. The first-order chi connectivity index (χ1) is 7.24. The zero-order chi connectivity index (χ0) is 11.1. The third kappa shape index (κ3) is 4.10. The minimum Gasteiger partial charge on any atom is -0.375 e. The van der Waals surface area contributed by atoms with Crippen LogP contribution in [0.2, 0.25) is 0 Å². The van der Waals surface area contributed by atoms with Crippen LogP contribution in [-0.4, -0.2) is 26.1 Å². The van der Waals surface area contributed by atoms with Gasteiger partial charge in [-0.15, -0.1) is 0 Å². The quantitative estimate of drug-likeness (QED) is 0.713. The standard InChI is InChI=1S/C11H16N2O2/c1-15-10(7-13-8-11(12)14)9-5-3-2-4-6-9/h2-6,10,13H,7-8H2,1H3,(H2,12,14)/t10-/m0/s1. The van der Waals surface area contributed by atoms with E-state index in [9.17, 15) is 4.79 Å². The molecule has 3 N–H and O–H groups in total. The van der Waals surface area contributed by atoms with E-state index in [-0.39, 0.29) is 18.6 Å². The first kappa shape index (κ1) is 11.7. The number of methoxy groups -OCH3 is 1. The van der Waals surface area contributed by atoms with E-state index in [1.807, 2.05) is 30.3 Å². The van der Waals surface area contributed by atoms with Gasteiger partial charge >= 0.3 is 0 Å². The van der Waals surface area contributed by atoms with Crippen molar-refractivity contribution < 1.29 is 9.53 Å². The Morgan fingerprint density at radius 2 is 2.13 bits per heavy atom. The molecule has 0 aliphatic heterocycles. The summed E-state index contributed by atoms with van der Waals surface area (Å²) in [5.74, 6) is -0.363. The maximum Gasteiger partial charge on any atom is 0.231 e. The summed E-state index contributed by atoms with van der Waals surface area (Å²) >= 11 is 0. The van der Waals surface area contributed by atoms with Crippen LogP contribution >= 0.6 is 0 Å². The largest absolute Gasteiger partial charge is 0.375 e. The number of amides is 1. The molecule has 1 aromatic carbocycles. The monoisotopic (exact) mass is 208 g/mol. The lowest BCUT2D eigenvalue weighted by Gasteiger charge is -2.15. The van der Waals surface area contributed by atoms with Gasteiger partial charge in [0, 0.05) is 13.7 Å². The van der Waals surface area contributed by atoms with Crippen LogP contribution in [0.3, 0.4) is 0 Å². The van der Waals surface area contributed by atoms with E-state index in [0.29, 0.717) is 6.54 Å². The van der Waals surface area contributed by atoms with Crippen molar-refractivity contribution in [1.29, 1.82) is 0 Å². The van der Waals surface area contributed by atoms with Gasteiger partial charge in [0.15, 0.2) is 0 Å². The lowest BCUT2D eigenvalue weighted by Crippen LogP contribution is -2.32. The predicted octanol–water partition coefficient (Wildman–Crippen LogP) is 0.449. The summed E-state index contributed by atoms with van der Waals surface area (Å²) in [5.41, 5.74) is 6.10. The number of benzene rings is 1. The number of ether oxygens (including phenoxy) is 1. The Balaban J connectivity index is 2.46. The Bertz CT molecular complexity index is 301. The van der Waals surface area contributed by atoms with Crippen LogP contribution in [0, 0.1) is 0 Å². The summed E-state index contributed by atoms with van der Waals surface area (Å²) in [6.07, 6.45) is -0.0504. The van der Waals surface area contributed by atoms with Crippen LogP contribution in [0.5, 0.6) is 0 Å². The second-order valence-electron chi connectivity index (χ2n) is 3.23. The number of hydrogen-bond acceptors (Lipinski definition) is 3. The maximum atomic E-state index is 10.5. The van der Waals surface area contributed by atoms with Crippen molar-refractivity contribution in [2.45, 2.75) is 6.10 Å².